The minimum absolute atomic E-state index is 0.104. The Hall–Kier alpha value is -2.86. The summed E-state index contributed by atoms with van der Waals surface area (Å²) in [6.07, 6.45) is 1.25. The summed E-state index contributed by atoms with van der Waals surface area (Å²) < 4.78 is 10.8. The van der Waals surface area contributed by atoms with E-state index in [0.29, 0.717) is 11.7 Å². The molecule has 3 aromatic rings. The van der Waals surface area contributed by atoms with Crippen molar-refractivity contribution in [3.05, 3.63) is 59.5 Å². The Labute approximate surface area is 163 Å². The number of hydrogen-bond donors (Lipinski definition) is 1. The first-order chi connectivity index (χ1) is 13.2. The minimum Gasteiger partial charge on any atom is -0.497 e. The lowest BCUT2D eigenvalue weighted by molar-refractivity contribution is -0.115. The number of aromatic nitrogens is 1. The van der Waals surface area contributed by atoms with Crippen LogP contribution in [-0.2, 0) is 11.2 Å². The van der Waals surface area contributed by atoms with Crippen LogP contribution in [0.1, 0.15) is 18.9 Å². The lowest BCUT2D eigenvalue weighted by Crippen LogP contribution is -2.14. The molecule has 5 nitrogen and oxygen atoms in total. The average Bonchev–Trinajstić information content (AvgIpc) is 3.15. The van der Waals surface area contributed by atoms with E-state index in [9.17, 15) is 4.79 Å². The number of thiazole rings is 1. The summed E-state index contributed by atoms with van der Waals surface area (Å²) in [6, 6.07) is 15.3. The van der Waals surface area contributed by atoms with Crippen molar-refractivity contribution in [2.45, 2.75) is 19.8 Å². The predicted molar refractivity (Wildman–Crippen MR) is 109 cm³/mol. The molecule has 1 N–H and O–H groups in total. The number of hydrogen-bond acceptors (Lipinski definition) is 5. The first-order valence-corrected chi connectivity index (χ1v) is 9.67. The topological polar surface area (TPSA) is 60.5 Å². The zero-order valence-corrected chi connectivity index (χ0v) is 16.2. The molecule has 1 heterocycles. The number of anilines is 1. The van der Waals surface area contributed by atoms with Crippen LogP contribution in [0.4, 0.5) is 5.13 Å². The molecule has 0 aliphatic rings. The molecule has 140 valence electrons. The number of rotatable bonds is 8. The lowest BCUT2D eigenvalue weighted by Gasteiger charge is -2.05. The maximum absolute atomic E-state index is 12.3. The maximum Gasteiger partial charge on any atom is 0.230 e. The van der Waals surface area contributed by atoms with Gasteiger partial charge in [-0.25, -0.2) is 4.98 Å². The van der Waals surface area contributed by atoms with Gasteiger partial charge in [0.25, 0.3) is 0 Å². The third-order valence-electron chi connectivity index (χ3n) is 3.87. The third-order valence-corrected chi connectivity index (χ3v) is 4.63. The van der Waals surface area contributed by atoms with Crippen LogP contribution in [0.15, 0.2) is 53.9 Å². The first-order valence-electron chi connectivity index (χ1n) is 8.79. The molecule has 0 aliphatic carbocycles. The van der Waals surface area contributed by atoms with Crippen molar-refractivity contribution in [2.75, 3.05) is 19.0 Å². The van der Waals surface area contributed by atoms with E-state index in [1.165, 1.54) is 11.3 Å². The molecule has 0 radical (unpaired) electrons. The zero-order valence-electron chi connectivity index (χ0n) is 15.4. The fourth-order valence-corrected chi connectivity index (χ4v) is 3.27. The molecule has 3 rings (SSSR count). The van der Waals surface area contributed by atoms with E-state index < -0.39 is 0 Å². The van der Waals surface area contributed by atoms with E-state index in [2.05, 4.69) is 17.2 Å². The maximum atomic E-state index is 12.3. The minimum atomic E-state index is -0.104. The monoisotopic (exact) mass is 382 g/mol. The van der Waals surface area contributed by atoms with Gasteiger partial charge >= 0.3 is 0 Å². The Bertz CT molecular complexity index is 890. The van der Waals surface area contributed by atoms with Crippen LogP contribution < -0.4 is 14.8 Å². The normalized spacial score (nSPS) is 10.4. The summed E-state index contributed by atoms with van der Waals surface area (Å²) >= 11 is 1.41. The van der Waals surface area contributed by atoms with E-state index in [0.717, 1.165) is 34.7 Å². The predicted octanol–water partition coefficient (Wildman–Crippen LogP) is 4.79. The molecule has 0 saturated carbocycles. The van der Waals surface area contributed by atoms with Crippen molar-refractivity contribution >= 4 is 22.4 Å². The van der Waals surface area contributed by atoms with Gasteiger partial charge < -0.3 is 14.8 Å². The molecule has 1 amide bonds. The third kappa shape index (κ3) is 5.31. The second-order valence-electron chi connectivity index (χ2n) is 5.99. The van der Waals surface area contributed by atoms with E-state index in [-0.39, 0.29) is 12.3 Å². The largest absolute Gasteiger partial charge is 0.497 e. The average molecular weight is 382 g/mol. The summed E-state index contributed by atoms with van der Waals surface area (Å²) in [6.45, 7) is 2.78. The number of amides is 1. The molecule has 0 fully saturated rings. The molecule has 0 unspecified atom stereocenters. The van der Waals surface area contributed by atoms with E-state index in [1.807, 2.05) is 53.9 Å². The van der Waals surface area contributed by atoms with Gasteiger partial charge in [-0.1, -0.05) is 19.1 Å². The smallest absolute Gasteiger partial charge is 0.230 e. The van der Waals surface area contributed by atoms with Crippen LogP contribution in [0.5, 0.6) is 11.5 Å². The van der Waals surface area contributed by atoms with Gasteiger partial charge in [-0.3, -0.25) is 4.79 Å². The first kappa shape index (κ1) is 18.9. The zero-order chi connectivity index (χ0) is 19.1. The number of nitrogens with one attached hydrogen (secondary N) is 1. The Balaban J connectivity index is 1.60. The van der Waals surface area contributed by atoms with Crippen LogP contribution in [0, 0.1) is 0 Å². The van der Waals surface area contributed by atoms with Crippen molar-refractivity contribution in [1.82, 2.24) is 4.98 Å². The highest BCUT2D eigenvalue weighted by Crippen LogP contribution is 2.26. The molecule has 0 bridgehead atoms. The molecule has 0 saturated heterocycles. The molecule has 1 aromatic heterocycles. The number of ether oxygens (including phenoxy) is 2. The fourth-order valence-electron chi connectivity index (χ4n) is 2.54. The Kier molecular flexibility index (Phi) is 6.44. The van der Waals surface area contributed by atoms with Crippen LogP contribution in [0.2, 0.25) is 0 Å². The lowest BCUT2D eigenvalue weighted by atomic mass is 10.1. The van der Waals surface area contributed by atoms with Crippen LogP contribution in [0.3, 0.4) is 0 Å². The molecule has 27 heavy (non-hydrogen) atoms. The molecule has 0 spiro atoms. The number of benzene rings is 2. The molecule has 0 atom stereocenters. The summed E-state index contributed by atoms with van der Waals surface area (Å²) in [5.41, 5.74) is 2.72. The molecular formula is C21H22N2O3S. The SMILES string of the molecule is CCCOc1ccc(-c2csc(NC(=O)Cc3cccc(OC)c3)n2)cc1. The number of carbonyl (C=O) groups excluding carboxylic acids is 1. The Morgan fingerprint density at radius 2 is 1.96 bits per heavy atom. The van der Waals surface area contributed by atoms with Crippen molar-refractivity contribution in [1.29, 1.82) is 0 Å². The van der Waals surface area contributed by atoms with Crippen LogP contribution in [0.25, 0.3) is 11.3 Å². The van der Waals surface area contributed by atoms with E-state index >= 15 is 0 Å². The van der Waals surface area contributed by atoms with E-state index in [4.69, 9.17) is 9.47 Å². The summed E-state index contributed by atoms with van der Waals surface area (Å²) in [5.74, 6) is 1.48. The quantitative estimate of drug-likeness (QED) is 0.609. The standard InChI is InChI=1S/C21H22N2O3S/c1-3-11-26-17-9-7-16(8-10-17)19-14-27-21(22-19)23-20(24)13-15-5-4-6-18(12-15)25-2/h4-10,12,14H,3,11,13H2,1-2H3,(H,22,23,24). The Morgan fingerprint density at radius 3 is 2.70 bits per heavy atom. The highest BCUT2D eigenvalue weighted by atomic mass is 32.1. The van der Waals surface area contributed by atoms with Gasteiger partial charge in [0.05, 0.1) is 25.8 Å². The summed E-state index contributed by atoms with van der Waals surface area (Å²) in [5, 5.41) is 5.38. The summed E-state index contributed by atoms with van der Waals surface area (Å²) in [4.78, 5) is 16.8. The van der Waals surface area contributed by atoms with Crippen molar-refractivity contribution in [2.24, 2.45) is 0 Å². The molecular weight excluding hydrogens is 360 g/mol. The highest BCUT2D eigenvalue weighted by Gasteiger charge is 2.09. The van der Waals surface area contributed by atoms with Crippen LogP contribution >= 0.6 is 11.3 Å². The van der Waals surface area contributed by atoms with Gasteiger partial charge in [-0.2, -0.15) is 0 Å². The van der Waals surface area contributed by atoms with Gasteiger partial charge in [0.2, 0.25) is 5.91 Å². The van der Waals surface area contributed by atoms with Gasteiger partial charge in [0.15, 0.2) is 5.13 Å². The molecule has 0 aliphatic heterocycles. The fraction of sp³-hybridized carbons (Fsp3) is 0.238. The second kappa shape index (κ2) is 9.19. The Morgan fingerprint density at radius 1 is 1.15 bits per heavy atom. The second-order valence-corrected chi connectivity index (χ2v) is 6.85. The van der Waals surface area contributed by atoms with Gasteiger partial charge in [0, 0.05) is 10.9 Å². The van der Waals surface area contributed by atoms with Crippen LogP contribution in [-0.4, -0.2) is 24.6 Å². The number of nitrogens with zero attached hydrogens (tertiary/aromatic N) is 1. The van der Waals surface area contributed by atoms with Crippen molar-refractivity contribution in [3.8, 4) is 22.8 Å². The van der Waals surface area contributed by atoms with E-state index in [1.54, 1.807) is 7.11 Å². The number of carbonyl (C=O) groups is 1. The highest BCUT2D eigenvalue weighted by molar-refractivity contribution is 7.14. The van der Waals surface area contributed by atoms with Crippen molar-refractivity contribution in [3.63, 3.8) is 0 Å². The van der Waals surface area contributed by atoms with Crippen molar-refractivity contribution < 1.29 is 14.3 Å². The molecule has 2 aromatic carbocycles. The van der Waals surface area contributed by atoms with Gasteiger partial charge in [-0.05, 0) is 48.4 Å². The number of methoxy groups -OCH3 is 1. The van der Waals surface area contributed by atoms with Gasteiger partial charge in [0.1, 0.15) is 11.5 Å². The molecule has 6 heteroatoms. The summed E-state index contributed by atoms with van der Waals surface area (Å²) in [7, 11) is 1.61. The van der Waals surface area contributed by atoms with Gasteiger partial charge in [-0.15, -0.1) is 11.3 Å².